The summed E-state index contributed by atoms with van der Waals surface area (Å²) in [6, 6.07) is 9.34. The molecule has 0 unspecified atom stereocenters. The predicted octanol–water partition coefficient (Wildman–Crippen LogP) is 1.78. The van der Waals surface area contributed by atoms with Crippen molar-refractivity contribution in [2.45, 2.75) is 37.8 Å². The molecule has 1 rings (SSSR count). The molecule has 4 nitrogen and oxygen atoms in total. The maximum atomic E-state index is 10.9. The summed E-state index contributed by atoms with van der Waals surface area (Å²) < 4.78 is 4.55. The summed E-state index contributed by atoms with van der Waals surface area (Å²) in [4.78, 5) is 10.9. The van der Waals surface area contributed by atoms with Gasteiger partial charge in [0, 0.05) is 12.5 Å². The van der Waals surface area contributed by atoms with Crippen LogP contribution in [0.1, 0.15) is 37.4 Å². The van der Waals surface area contributed by atoms with E-state index in [9.17, 15) is 9.90 Å². The van der Waals surface area contributed by atoms with Crippen molar-refractivity contribution in [3.63, 3.8) is 0 Å². The Morgan fingerprint density at radius 3 is 2.67 bits per heavy atom. The van der Waals surface area contributed by atoms with Crippen molar-refractivity contribution in [2.24, 2.45) is 5.73 Å². The van der Waals surface area contributed by atoms with Crippen molar-refractivity contribution in [3.8, 4) is 0 Å². The second-order valence-electron chi connectivity index (χ2n) is 4.39. The van der Waals surface area contributed by atoms with Gasteiger partial charge in [-0.3, -0.25) is 4.79 Å². The maximum Gasteiger partial charge on any atom is 0.305 e. The molecular weight excluding hydrogens is 230 g/mol. The first-order valence-corrected chi connectivity index (χ1v) is 6.19. The first-order valence-electron chi connectivity index (χ1n) is 6.19. The first-order chi connectivity index (χ1) is 8.63. The number of aliphatic hydroxyl groups is 1. The van der Waals surface area contributed by atoms with Crippen molar-refractivity contribution in [2.75, 3.05) is 7.11 Å². The van der Waals surface area contributed by atoms with E-state index in [0.717, 1.165) is 5.56 Å². The summed E-state index contributed by atoms with van der Waals surface area (Å²) in [6.07, 6.45) is 1.74. The topological polar surface area (TPSA) is 72.5 Å². The van der Waals surface area contributed by atoms with E-state index in [0.29, 0.717) is 25.7 Å². The molecule has 0 saturated carbocycles. The number of rotatable bonds is 7. The van der Waals surface area contributed by atoms with Crippen molar-refractivity contribution in [3.05, 3.63) is 35.9 Å². The van der Waals surface area contributed by atoms with Crippen LogP contribution >= 0.6 is 0 Å². The van der Waals surface area contributed by atoms with Gasteiger partial charge < -0.3 is 15.6 Å². The van der Waals surface area contributed by atoms with Crippen LogP contribution in [0.4, 0.5) is 0 Å². The Hall–Kier alpha value is -1.39. The van der Waals surface area contributed by atoms with Gasteiger partial charge in [-0.05, 0) is 24.8 Å². The molecule has 0 spiro atoms. The van der Waals surface area contributed by atoms with Crippen LogP contribution in [0.2, 0.25) is 0 Å². The molecule has 100 valence electrons. The second kappa shape index (κ2) is 7.84. The van der Waals surface area contributed by atoms with E-state index < -0.39 is 6.10 Å². The van der Waals surface area contributed by atoms with E-state index in [1.165, 1.54) is 7.11 Å². The SMILES string of the molecule is COC(=O)CCC[C@@H](N)C[C@@H](O)c1ccccc1. The minimum atomic E-state index is -0.542. The van der Waals surface area contributed by atoms with Crippen LogP contribution < -0.4 is 5.73 Å². The quantitative estimate of drug-likeness (QED) is 0.724. The van der Waals surface area contributed by atoms with Gasteiger partial charge in [0.15, 0.2) is 0 Å². The number of esters is 1. The minimum Gasteiger partial charge on any atom is -0.469 e. The van der Waals surface area contributed by atoms with E-state index in [4.69, 9.17) is 5.73 Å². The second-order valence-corrected chi connectivity index (χ2v) is 4.39. The molecule has 0 fully saturated rings. The molecular formula is C14H21NO3. The molecule has 1 aromatic carbocycles. The molecule has 0 bridgehead atoms. The summed E-state index contributed by atoms with van der Waals surface area (Å²) in [6.45, 7) is 0. The summed E-state index contributed by atoms with van der Waals surface area (Å²) in [5.74, 6) is -0.217. The van der Waals surface area contributed by atoms with E-state index in [2.05, 4.69) is 4.74 Å². The van der Waals surface area contributed by atoms with E-state index >= 15 is 0 Å². The highest BCUT2D eigenvalue weighted by atomic mass is 16.5. The standard InChI is InChI=1S/C14H21NO3/c1-18-14(17)9-5-8-12(15)10-13(16)11-6-3-2-4-7-11/h2-4,6-7,12-13,16H,5,8-10,15H2,1H3/t12-,13-/m1/s1. The molecule has 2 atom stereocenters. The van der Waals surface area contributed by atoms with Crippen molar-refractivity contribution >= 4 is 5.97 Å². The zero-order valence-electron chi connectivity index (χ0n) is 10.7. The lowest BCUT2D eigenvalue weighted by molar-refractivity contribution is -0.140. The third-order valence-corrected chi connectivity index (χ3v) is 2.89. The monoisotopic (exact) mass is 251 g/mol. The lowest BCUT2D eigenvalue weighted by Gasteiger charge is -2.16. The molecule has 4 heteroatoms. The maximum absolute atomic E-state index is 10.9. The van der Waals surface area contributed by atoms with Crippen molar-refractivity contribution in [1.82, 2.24) is 0 Å². The van der Waals surface area contributed by atoms with Gasteiger partial charge in [-0.15, -0.1) is 0 Å². The first kappa shape index (κ1) is 14.7. The Bertz CT molecular complexity index is 353. The number of aliphatic hydroxyl groups excluding tert-OH is 1. The molecule has 1 aromatic rings. The van der Waals surface area contributed by atoms with Crippen molar-refractivity contribution < 1.29 is 14.6 Å². The van der Waals surface area contributed by atoms with Gasteiger partial charge in [-0.25, -0.2) is 0 Å². The van der Waals surface area contributed by atoms with Crippen LogP contribution in [0.25, 0.3) is 0 Å². The third kappa shape index (κ3) is 5.29. The van der Waals surface area contributed by atoms with Gasteiger partial charge >= 0.3 is 5.97 Å². The van der Waals surface area contributed by atoms with Gasteiger partial charge in [0.2, 0.25) is 0 Å². The molecule has 0 saturated heterocycles. The van der Waals surface area contributed by atoms with Crippen LogP contribution in [0.15, 0.2) is 30.3 Å². The highest BCUT2D eigenvalue weighted by Crippen LogP contribution is 2.19. The van der Waals surface area contributed by atoms with Crippen LogP contribution in [-0.2, 0) is 9.53 Å². The average Bonchev–Trinajstić information content (AvgIpc) is 2.39. The number of methoxy groups -OCH3 is 1. The van der Waals surface area contributed by atoms with Gasteiger partial charge in [-0.1, -0.05) is 30.3 Å². The van der Waals surface area contributed by atoms with E-state index in [-0.39, 0.29) is 12.0 Å². The molecule has 0 heterocycles. The molecule has 0 aliphatic rings. The smallest absolute Gasteiger partial charge is 0.305 e. The fourth-order valence-corrected chi connectivity index (χ4v) is 1.83. The Kier molecular flexibility index (Phi) is 6.39. The largest absolute Gasteiger partial charge is 0.469 e. The van der Waals surface area contributed by atoms with Crippen LogP contribution in [-0.4, -0.2) is 24.2 Å². The fraction of sp³-hybridized carbons (Fsp3) is 0.500. The summed E-state index contributed by atoms with van der Waals surface area (Å²) >= 11 is 0. The van der Waals surface area contributed by atoms with Crippen LogP contribution in [0, 0.1) is 0 Å². The lowest BCUT2D eigenvalue weighted by Crippen LogP contribution is -2.23. The summed E-state index contributed by atoms with van der Waals surface area (Å²) in [7, 11) is 1.38. The lowest BCUT2D eigenvalue weighted by atomic mass is 9.99. The normalized spacial score (nSPS) is 13.9. The van der Waals surface area contributed by atoms with Gasteiger partial charge in [0.25, 0.3) is 0 Å². The van der Waals surface area contributed by atoms with Gasteiger partial charge in [0.1, 0.15) is 0 Å². The summed E-state index contributed by atoms with van der Waals surface area (Å²) in [5.41, 5.74) is 6.80. The zero-order chi connectivity index (χ0) is 13.4. The molecule has 18 heavy (non-hydrogen) atoms. The minimum absolute atomic E-state index is 0.107. The molecule has 0 amide bonds. The van der Waals surface area contributed by atoms with Gasteiger partial charge in [-0.2, -0.15) is 0 Å². The number of hydrogen-bond acceptors (Lipinski definition) is 4. The molecule has 0 radical (unpaired) electrons. The number of carbonyl (C=O) groups is 1. The Labute approximate surface area is 108 Å². The van der Waals surface area contributed by atoms with Crippen molar-refractivity contribution in [1.29, 1.82) is 0 Å². The number of hydrogen-bond donors (Lipinski definition) is 2. The Morgan fingerprint density at radius 1 is 1.39 bits per heavy atom. The third-order valence-electron chi connectivity index (χ3n) is 2.89. The molecule has 0 aliphatic heterocycles. The van der Waals surface area contributed by atoms with E-state index in [1.807, 2.05) is 30.3 Å². The predicted molar refractivity (Wildman–Crippen MR) is 69.9 cm³/mol. The average molecular weight is 251 g/mol. The Balaban J connectivity index is 2.27. The highest BCUT2D eigenvalue weighted by molar-refractivity contribution is 5.68. The molecule has 0 aliphatic carbocycles. The highest BCUT2D eigenvalue weighted by Gasteiger charge is 2.13. The fourth-order valence-electron chi connectivity index (χ4n) is 1.83. The molecule has 3 N–H and O–H groups in total. The van der Waals surface area contributed by atoms with Gasteiger partial charge in [0.05, 0.1) is 13.2 Å². The number of nitrogens with two attached hydrogens (primary N) is 1. The zero-order valence-corrected chi connectivity index (χ0v) is 10.7. The number of carbonyl (C=O) groups excluding carboxylic acids is 1. The molecule has 0 aromatic heterocycles. The Morgan fingerprint density at radius 2 is 2.06 bits per heavy atom. The van der Waals surface area contributed by atoms with Crippen LogP contribution in [0.3, 0.4) is 0 Å². The summed E-state index contributed by atoms with van der Waals surface area (Å²) in [5, 5.41) is 9.97. The van der Waals surface area contributed by atoms with E-state index in [1.54, 1.807) is 0 Å². The van der Waals surface area contributed by atoms with Crippen LogP contribution in [0.5, 0.6) is 0 Å². The number of benzene rings is 1. The number of ether oxygens (including phenoxy) is 1.